The molecule has 3 heterocycles. The van der Waals surface area contributed by atoms with Gasteiger partial charge in [-0.05, 0) is 25.3 Å². The lowest BCUT2D eigenvalue weighted by Gasteiger charge is -2.34. The number of piperidine rings is 1. The zero-order valence-corrected chi connectivity index (χ0v) is 12.6. The van der Waals surface area contributed by atoms with Gasteiger partial charge in [0.2, 0.25) is 11.9 Å². The Kier molecular flexibility index (Phi) is 4.10. The first-order chi connectivity index (χ1) is 10.2. The van der Waals surface area contributed by atoms with Crippen LogP contribution in [0.1, 0.15) is 37.9 Å². The van der Waals surface area contributed by atoms with Gasteiger partial charge >= 0.3 is 0 Å². The molecule has 7 heteroatoms. The molecule has 0 aliphatic carbocycles. The molecule has 0 spiro atoms. The van der Waals surface area contributed by atoms with Gasteiger partial charge in [0, 0.05) is 31.2 Å². The average Bonchev–Trinajstić information content (AvgIpc) is 2.96. The summed E-state index contributed by atoms with van der Waals surface area (Å²) < 4.78 is 0. The second kappa shape index (κ2) is 6.17. The van der Waals surface area contributed by atoms with Crippen LogP contribution in [0, 0.1) is 0 Å². The van der Waals surface area contributed by atoms with Crippen LogP contribution in [-0.4, -0.2) is 27.4 Å². The molecule has 2 aromatic heterocycles. The van der Waals surface area contributed by atoms with E-state index in [-0.39, 0.29) is 11.9 Å². The van der Waals surface area contributed by atoms with E-state index in [1.54, 1.807) is 12.4 Å². The maximum atomic E-state index is 11.1. The third-order valence-electron chi connectivity index (χ3n) is 3.46. The number of hydrogen-bond acceptors (Lipinski definition) is 6. The highest BCUT2D eigenvalue weighted by atomic mass is 32.1. The molecule has 2 aromatic rings. The zero-order chi connectivity index (χ0) is 14.7. The van der Waals surface area contributed by atoms with Crippen LogP contribution in [-0.2, 0) is 4.79 Å². The monoisotopic (exact) mass is 303 g/mol. The second-order valence-electron chi connectivity index (χ2n) is 5.01. The van der Waals surface area contributed by atoms with Crippen LogP contribution in [0.4, 0.5) is 11.1 Å². The van der Waals surface area contributed by atoms with Crippen molar-refractivity contribution in [1.29, 1.82) is 0 Å². The summed E-state index contributed by atoms with van der Waals surface area (Å²) in [7, 11) is 0. The molecule has 110 valence electrons. The number of rotatable bonds is 3. The summed E-state index contributed by atoms with van der Waals surface area (Å²) in [5.74, 6) is 0.652. The van der Waals surface area contributed by atoms with Crippen molar-refractivity contribution < 1.29 is 4.79 Å². The lowest BCUT2D eigenvalue weighted by atomic mass is 10.0. The molecular formula is C14H17N5OS. The minimum absolute atomic E-state index is 0.0946. The predicted octanol–water partition coefficient (Wildman–Crippen LogP) is 2.62. The van der Waals surface area contributed by atoms with Crippen LogP contribution in [0.15, 0.2) is 23.8 Å². The molecule has 1 N–H and O–H groups in total. The summed E-state index contributed by atoms with van der Waals surface area (Å²) in [6, 6.07) is 2.00. The topological polar surface area (TPSA) is 71.0 Å². The van der Waals surface area contributed by atoms with E-state index in [1.165, 1.54) is 24.7 Å². The normalized spacial score (nSPS) is 18.5. The molecule has 0 aromatic carbocycles. The quantitative estimate of drug-likeness (QED) is 0.943. The van der Waals surface area contributed by atoms with E-state index in [4.69, 9.17) is 0 Å². The molecule has 1 amide bonds. The number of aromatic nitrogens is 3. The molecule has 1 atom stereocenters. The first kappa shape index (κ1) is 13.9. The minimum atomic E-state index is -0.0946. The first-order valence-corrected chi connectivity index (χ1v) is 7.88. The Morgan fingerprint density at radius 3 is 2.95 bits per heavy atom. The molecule has 1 saturated heterocycles. The Balaban J connectivity index is 1.84. The first-order valence-electron chi connectivity index (χ1n) is 7.01. The van der Waals surface area contributed by atoms with Crippen molar-refractivity contribution in [2.75, 3.05) is 16.8 Å². The Labute approximate surface area is 127 Å². The number of carbonyl (C=O) groups excluding carboxylic acids is 1. The largest absolute Gasteiger partial charge is 0.332 e. The van der Waals surface area contributed by atoms with Crippen LogP contribution >= 0.6 is 11.3 Å². The van der Waals surface area contributed by atoms with E-state index in [9.17, 15) is 4.79 Å². The fourth-order valence-corrected chi connectivity index (χ4v) is 3.37. The number of thiazole rings is 1. The standard InChI is InChI=1S/C14H17N5OS/c1-10(20)17-14-18-11(9-21-14)12-5-2-3-8-19(12)13-15-6-4-7-16-13/h4,6-7,9,12H,2-3,5,8H2,1H3,(H,17,18,20)/t12-/m1/s1. The molecule has 3 rings (SSSR count). The van der Waals surface area contributed by atoms with Crippen LogP contribution in [0.25, 0.3) is 0 Å². The molecular weight excluding hydrogens is 286 g/mol. The van der Waals surface area contributed by atoms with Crippen molar-refractivity contribution in [3.8, 4) is 0 Å². The summed E-state index contributed by atoms with van der Waals surface area (Å²) in [5.41, 5.74) is 0.982. The van der Waals surface area contributed by atoms with Crippen molar-refractivity contribution in [1.82, 2.24) is 15.0 Å². The highest BCUT2D eigenvalue weighted by Gasteiger charge is 2.27. The summed E-state index contributed by atoms with van der Waals surface area (Å²) in [6.07, 6.45) is 6.86. The van der Waals surface area contributed by atoms with Crippen LogP contribution in [0.3, 0.4) is 0 Å². The fourth-order valence-electron chi connectivity index (χ4n) is 2.57. The van der Waals surface area contributed by atoms with Crippen molar-refractivity contribution in [3.63, 3.8) is 0 Å². The Morgan fingerprint density at radius 2 is 2.19 bits per heavy atom. The van der Waals surface area contributed by atoms with E-state index < -0.39 is 0 Å². The summed E-state index contributed by atoms with van der Waals surface area (Å²) >= 11 is 1.46. The number of nitrogens with zero attached hydrogens (tertiary/aromatic N) is 4. The summed E-state index contributed by atoms with van der Waals surface area (Å²) in [5, 5.41) is 5.40. The highest BCUT2D eigenvalue weighted by molar-refractivity contribution is 7.13. The number of anilines is 2. The highest BCUT2D eigenvalue weighted by Crippen LogP contribution is 2.34. The molecule has 1 fully saturated rings. The second-order valence-corrected chi connectivity index (χ2v) is 5.87. The molecule has 0 unspecified atom stereocenters. The summed E-state index contributed by atoms with van der Waals surface area (Å²) in [6.45, 7) is 2.42. The molecule has 1 aliphatic rings. The van der Waals surface area contributed by atoms with Gasteiger partial charge in [-0.2, -0.15) is 0 Å². The van der Waals surface area contributed by atoms with Crippen LogP contribution in [0.5, 0.6) is 0 Å². The molecule has 0 radical (unpaired) electrons. The lowest BCUT2D eigenvalue weighted by molar-refractivity contribution is -0.114. The SMILES string of the molecule is CC(=O)Nc1nc([C@H]2CCCCN2c2ncccn2)cs1. The maximum Gasteiger partial charge on any atom is 0.225 e. The van der Waals surface area contributed by atoms with E-state index >= 15 is 0 Å². The van der Waals surface area contributed by atoms with Gasteiger partial charge in [0.1, 0.15) is 0 Å². The van der Waals surface area contributed by atoms with Crippen molar-refractivity contribution in [2.24, 2.45) is 0 Å². The average molecular weight is 303 g/mol. The van der Waals surface area contributed by atoms with E-state index in [2.05, 4.69) is 25.2 Å². The van der Waals surface area contributed by atoms with Gasteiger partial charge in [-0.1, -0.05) is 0 Å². The maximum absolute atomic E-state index is 11.1. The molecule has 0 bridgehead atoms. The van der Waals surface area contributed by atoms with Gasteiger partial charge in [0.05, 0.1) is 11.7 Å². The lowest BCUT2D eigenvalue weighted by Crippen LogP contribution is -2.34. The molecule has 0 saturated carbocycles. The van der Waals surface area contributed by atoms with Gasteiger partial charge in [-0.3, -0.25) is 4.79 Å². The number of nitrogens with one attached hydrogen (secondary N) is 1. The summed E-state index contributed by atoms with van der Waals surface area (Å²) in [4.78, 5) is 26.6. The Morgan fingerprint density at radius 1 is 1.38 bits per heavy atom. The molecule has 6 nitrogen and oxygen atoms in total. The van der Waals surface area contributed by atoms with Crippen LogP contribution in [0.2, 0.25) is 0 Å². The van der Waals surface area contributed by atoms with Gasteiger partial charge < -0.3 is 10.2 Å². The smallest absolute Gasteiger partial charge is 0.225 e. The van der Waals surface area contributed by atoms with E-state index in [0.29, 0.717) is 5.13 Å². The van der Waals surface area contributed by atoms with Gasteiger partial charge in [-0.15, -0.1) is 11.3 Å². The third kappa shape index (κ3) is 3.18. The van der Waals surface area contributed by atoms with Gasteiger partial charge in [0.25, 0.3) is 0 Å². The number of hydrogen-bond donors (Lipinski definition) is 1. The number of carbonyl (C=O) groups is 1. The van der Waals surface area contributed by atoms with E-state index in [0.717, 1.165) is 31.0 Å². The van der Waals surface area contributed by atoms with Crippen molar-refractivity contribution >= 4 is 28.3 Å². The molecule has 21 heavy (non-hydrogen) atoms. The molecule has 1 aliphatic heterocycles. The van der Waals surface area contributed by atoms with Crippen molar-refractivity contribution in [2.45, 2.75) is 32.2 Å². The van der Waals surface area contributed by atoms with Gasteiger partial charge in [0.15, 0.2) is 5.13 Å². The van der Waals surface area contributed by atoms with Crippen molar-refractivity contribution in [3.05, 3.63) is 29.5 Å². The fraction of sp³-hybridized carbons (Fsp3) is 0.429. The Hall–Kier alpha value is -2.02. The number of amides is 1. The Bertz CT molecular complexity index is 615. The minimum Gasteiger partial charge on any atom is -0.332 e. The van der Waals surface area contributed by atoms with Gasteiger partial charge in [-0.25, -0.2) is 15.0 Å². The third-order valence-corrected chi connectivity index (χ3v) is 4.23. The predicted molar refractivity (Wildman–Crippen MR) is 82.4 cm³/mol. The van der Waals surface area contributed by atoms with E-state index in [1.807, 2.05) is 11.4 Å². The zero-order valence-electron chi connectivity index (χ0n) is 11.8. The van der Waals surface area contributed by atoms with Crippen LogP contribution < -0.4 is 10.2 Å².